The molecule has 1 heterocycles. The highest BCUT2D eigenvalue weighted by Gasteiger charge is 2.32. The van der Waals surface area contributed by atoms with Gasteiger partial charge in [0.25, 0.3) is 0 Å². The van der Waals surface area contributed by atoms with Gasteiger partial charge in [-0.05, 0) is 18.0 Å². The van der Waals surface area contributed by atoms with Crippen LogP contribution in [0.3, 0.4) is 0 Å². The van der Waals surface area contributed by atoms with Crippen LogP contribution in [0.1, 0.15) is 12.5 Å². The summed E-state index contributed by atoms with van der Waals surface area (Å²) in [7, 11) is 0. The number of hydrogen-bond acceptors (Lipinski definition) is 3. The summed E-state index contributed by atoms with van der Waals surface area (Å²) in [6.45, 7) is 4.72. The minimum atomic E-state index is 0.00705. The van der Waals surface area contributed by atoms with Gasteiger partial charge in [0.15, 0.2) is 0 Å². The standard InChI is InChI=1S/C15H22N2O2/c1-12-9-16-10-14(12)15(19)17(7-8-18)11-13-5-3-2-4-6-13/h2-6,12,14,16,18H,7-11H2,1H3. The smallest absolute Gasteiger partial charge is 0.227 e. The van der Waals surface area contributed by atoms with Gasteiger partial charge >= 0.3 is 0 Å². The zero-order valence-electron chi connectivity index (χ0n) is 11.4. The molecular weight excluding hydrogens is 240 g/mol. The Morgan fingerprint density at radius 1 is 1.37 bits per heavy atom. The lowest BCUT2D eigenvalue weighted by atomic mass is 9.96. The molecule has 1 aromatic rings. The van der Waals surface area contributed by atoms with Gasteiger partial charge in [-0.1, -0.05) is 37.3 Å². The van der Waals surface area contributed by atoms with Crippen LogP contribution in [0.5, 0.6) is 0 Å². The third kappa shape index (κ3) is 3.55. The van der Waals surface area contributed by atoms with Crippen LogP contribution >= 0.6 is 0 Å². The molecule has 4 nitrogen and oxygen atoms in total. The van der Waals surface area contributed by atoms with E-state index in [4.69, 9.17) is 5.11 Å². The normalized spacial score (nSPS) is 22.4. The maximum absolute atomic E-state index is 12.5. The Bertz CT molecular complexity index is 408. The third-order valence-corrected chi connectivity index (χ3v) is 3.73. The number of aliphatic hydroxyl groups excluding tert-OH is 1. The SMILES string of the molecule is CC1CNCC1C(=O)N(CCO)Cc1ccccc1. The van der Waals surface area contributed by atoms with Crippen molar-refractivity contribution >= 4 is 5.91 Å². The molecule has 2 rings (SSSR count). The van der Waals surface area contributed by atoms with Gasteiger partial charge in [0.05, 0.1) is 12.5 Å². The molecule has 1 saturated heterocycles. The van der Waals surface area contributed by atoms with Gasteiger partial charge in [0.1, 0.15) is 0 Å². The lowest BCUT2D eigenvalue weighted by molar-refractivity contribution is -0.137. The van der Waals surface area contributed by atoms with Gasteiger partial charge in [-0.2, -0.15) is 0 Å². The van der Waals surface area contributed by atoms with Crippen LogP contribution in [0, 0.1) is 11.8 Å². The van der Waals surface area contributed by atoms with E-state index in [0.29, 0.717) is 19.0 Å². The first-order valence-corrected chi connectivity index (χ1v) is 6.86. The molecule has 1 fully saturated rings. The third-order valence-electron chi connectivity index (χ3n) is 3.73. The topological polar surface area (TPSA) is 52.6 Å². The minimum absolute atomic E-state index is 0.00705. The van der Waals surface area contributed by atoms with Crippen molar-refractivity contribution in [2.24, 2.45) is 11.8 Å². The van der Waals surface area contributed by atoms with Crippen molar-refractivity contribution < 1.29 is 9.90 Å². The average Bonchev–Trinajstić information content (AvgIpc) is 2.85. The van der Waals surface area contributed by atoms with Gasteiger partial charge in [0.2, 0.25) is 5.91 Å². The molecule has 1 aromatic carbocycles. The number of aliphatic hydroxyl groups is 1. The largest absolute Gasteiger partial charge is 0.395 e. The number of hydrogen-bond donors (Lipinski definition) is 2. The lowest BCUT2D eigenvalue weighted by Gasteiger charge is -2.26. The summed E-state index contributed by atoms with van der Waals surface area (Å²) < 4.78 is 0. The van der Waals surface area contributed by atoms with Crippen molar-refractivity contribution in [2.75, 3.05) is 26.2 Å². The van der Waals surface area contributed by atoms with Crippen molar-refractivity contribution in [1.82, 2.24) is 10.2 Å². The average molecular weight is 262 g/mol. The highest BCUT2D eigenvalue weighted by atomic mass is 16.3. The number of amides is 1. The van der Waals surface area contributed by atoms with Gasteiger partial charge in [-0.25, -0.2) is 0 Å². The molecule has 0 aliphatic carbocycles. The zero-order valence-corrected chi connectivity index (χ0v) is 11.4. The number of rotatable bonds is 5. The number of benzene rings is 1. The van der Waals surface area contributed by atoms with Gasteiger partial charge in [0, 0.05) is 19.6 Å². The fourth-order valence-electron chi connectivity index (χ4n) is 2.57. The van der Waals surface area contributed by atoms with Crippen molar-refractivity contribution in [2.45, 2.75) is 13.5 Å². The molecule has 19 heavy (non-hydrogen) atoms. The maximum Gasteiger partial charge on any atom is 0.227 e. The van der Waals surface area contributed by atoms with Crippen molar-refractivity contribution in [1.29, 1.82) is 0 Å². The second-order valence-corrected chi connectivity index (χ2v) is 5.21. The molecule has 0 bridgehead atoms. The first-order chi connectivity index (χ1) is 9.22. The number of carbonyl (C=O) groups excluding carboxylic acids is 1. The van der Waals surface area contributed by atoms with Gasteiger partial charge < -0.3 is 15.3 Å². The molecule has 1 amide bonds. The molecule has 0 spiro atoms. The predicted octanol–water partition coefficient (Wildman–Crippen LogP) is 0.863. The molecule has 0 aromatic heterocycles. The van der Waals surface area contributed by atoms with E-state index in [1.165, 1.54) is 0 Å². The first kappa shape index (κ1) is 14.0. The summed E-state index contributed by atoms with van der Waals surface area (Å²) in [4.78, 5) is 14.3. The van der Waals surface area contributed by atoms with Crippen LogP contribution in [-0.4, -0.2) is 42.2 Å². The molecule has 2 unspecified atom stereocenters. The molecule has 1 aliphatic rings. The van der Waals surface area contributed by atoms with E-state index in [9.17, 15) is 4.79 Å². The van der Waals surface area contributed by atoms with E-state index in [2.05, 4.69) is 12.2 Å². The zero-order chi connectivity index (χ0) is 13.7. The van der Waals surface area contributed by atoms with Crippen LogP contribution in [0.15, 0.2) is 30.3 Å². The molecule has 0 saturated carbocycles. The Hall–Kier alpha value is -1.39. The second kappa shape index (κ2) is 6.68. The second-order valence-electron chi connectivity index (χ2n) is 5.21. The van der Waals surface area contributed by atoms with Crippen LogP contribution in [-0.2, 0) is 11.3 Å². The number of nitrogens with zero attached hydrogens (tertiary/aromatic N) is 1. The maximum atomic E-state index is 12.5. The predicted molar refractivity (Wildman–Crippen MR) is 74.5 cm³/mol. The highest BCUT2D eigenvalue weighted by molar-refractivity contribution is 5.79. The summed E-state index contributed by atoms with van der Waals surface area (Å²) in [6, 6.07) is 9.92. The molecular formula is C15H22N2O2. The summed E-state index contributed by atoms with van der Waals surface area (Å²) in [5, 5.41) is 12.4. The van der Waals surface area contributed by atoms with Crippen molar-refractivity contribution in [3.05, 3.63) is 35.9 Å². The van der Waals surface area contributed by atoms with Crippen LogP contribution in [0.4, 0.5) is 0 Å². The van der Waals surface area contributed by atoms with E-state index in [1.54, 1.807) is 4.90 Å². The van der Waals surface area contributed by atoms with E-state index >= 15 is 0 Å². The van der Waals surface area contributed by atoms with Crippen LogP contribution in [0.2, 0.25) is 0 Å². The van der Waals surface area contributed by atoms with E-state index < -0.39 is 0 Å². The Labute approximate surface area is 114 Å². The first-order valence-electron chi connectivity index (χ1n) is 6.86. The Balaban J connectivity index is 2.04. The summed E-state index contributed by atoms with van der Waals surface area (Å²) in [5.74, 6) is 0.551. The Morgan fingerprint density at radius 3 is 2.68 bits per heavy atom. The van der Waals surface area contributed by atoms with Crippen molar-refractivity contribution in [3.8, 4) is 0 Å². The fraction of sp³-hybridized carbons (Fsp3) is 0.533. The molecule has 4 heteroatoms. The van der Waals surface area contributed by atoms with E-state index in [1.807, 2.05) is 30.3 Å². The minimum Gasteiger partial charge on any atom is -0.395 e. The number of nitrogens with one attached hydrogen (secondary N) is 1. The molecule has 1 aliphatic heterocycles. The summed E-state index contributed by atoms with van der Waals surface area (Å²) in [5.41, 5.74) is 1.10. The summed E-state index contributed by atoms with van der Waals surface area (Å²) in [6.07, 6.45) is 0. The van der Waals surface area contributed by atoms with Gasteiger partial charge in [-0.15, -0.1) is 0 Å². The highest BCUT2D eigenvalue weighted by Crippen LogP contribution is 2.19. The van der Waals surface area contributed by atoms with Gasteiger partial charge in [-0.3, -0.25) is 4.79 Å². The Kier molecular flexibility index (Phi) is 4.93. The van der Waals surface area contributed by atoms with E-state index in [0.717, 1.165) is 18.7 Å². The molecule has 2 N–H and O–H groups in total. The fourth-order valence-corrected chi connectivity index (χ4v) is 2.57. The molecule has 2 atom stereocenters. The molecule has 104 valence electrons. The van der Waals surface area contributed by atoms with Crippen molar-refractivity contribution in [3.63, 3.8) is 0 Å². The molecule has 0 radical (unpaired) electrons. The van der Waals surface area contributed by atoms with E-state index in [-0.39, 0.29) is 18.4 Å². The summed E-state index contributed by atoms with van der Waals surface area (Å²) >= 11 is 0. The number of carbonyl (C=O) groups is 1. The Morgan fingerprint density at radius 2 is 2.11 bits per heavy atom. The lowest BCUT2D eigenvalue weighted by Crippen LogP contribution is -2.40. The quantitative estimate of drug-likeness (QED) is 0.827. The van der Waals surface area contributed by atoms with Crippen LogP contribution in [0.25, 0.3) is 0 Å². The van der Waals surface area contributed by atoms with Crippen LogP contribution < -0.4 is 5.32 Å². The monoisotopic (exact) mass is 262 g/mol.